The molecule has 1 spiro atoms. The van der Waals surface area contributed by atoms with Gasteiger partial charge in [0.2, 0.25) is 70.9 Å². The average molecular weight is 1440 g/mol. The number of piperidine rings is 1. The van der Waals surface area contributed by atoms with Gasteiger partial charge in [0, 0.05) is 81.0 Å². The molecule has 100 heavy (non-hydrogen) atoms. The number of rotatable bonds is 12. The van der Waals surface area contributed by atoms with Gasteiger partial charge >= 0.3 is 6.18 Å². The van der Waals surface area contributed by atoms with E-state index in [0.717, 1.165) is 43.4 Å². The second-order valence-corrected chi connectivity index (χ2v) is 30.9. The first-order valence-electron chi connectivity index (χ1n) is 36.8. The van der Waals surface area contributed by atoms with Crippen molar-refractivity contribution in [3.8, 4) is 0 Å². The second kappa shape index (κ2) is 35.7. The number of hydrogen-bond donors (Lipinski definition) is 3. The molecule has 7 fully saturated rings. The number of alkyl halides is 4. The molecule has 0 aromatic heterocycles. The van der Waals surface area contributed by atoms with E-state index in [1.54, 1.807) is 11.8 Å². The van der Waals surface area contributed by atoms with Crippen LogP contribution in [-0.2, 0) is 62.3 Å². The summed E-state index contributed by atoms with van der Waals surface area (Å²) in [6.45, 7) is 8.80. The minimum atomic E-state index is -4.51. The number of fused-ring (bicyclic) bond motifs is 2. The second-order valence-electron chi connectivity index (χ2n) is 30.3. The summed E-state index contributed by atoms with van der Waals surface area (Å²) in [5, 5.41) is 7.55. The van der Waals surface area contributed by atoms with Crippen LogP contribution in [0.4, 0.5) is 13.2 Å². The quantitative estimate of drug-likeness (QED) is 0.215. The zero-order valence-corrected chi connectivity index (χ0v) is 62.0. The van der Waals surface area contributed by atoms with Crippen LogP contribution in [0.1, 0.15) is 189 Å². The van der Waals surface area contributed by atoms with Crippen molar-refractivity contribution in [1.29, 1.82) is 0 Å². The van der Waals surface area contributed by atoms with Gasteiger partial charge < -0.3 is 64.8 Å². The Morgan fingerprint density at radius 3 is 1.85 bits per heavy atom. The maximum Gasteiger partial charge on any atom is 0.393 e. The fourth-order valence-corrected chi connectivity index (χ4v) is 16.7. The topological polar surface area (TPSA) is 279 Å². The molecule has 3 unspecified atom stereocenters. The molecular formula is C71H114ClF3N12O13. The number of amides is 12. The van der Waals surface area contributed by atoms with E-state index in [0.29, 0.717) is 51.6 Å². The van der Waals surface area contributed by atoms with Gasteiger partial charge in [0.05, 0.1) is 25.5 Å². The Morgan fingerprint density at radius 1 is 0.620 bits per heavy atom. The lowest BCUT2D eigenvalue weighted by atomic mass is 9.78. The smallest absolute Gasteiger partial charge is 0.382 e. The van der Waals surface area contributed by atoms with Gasteiger partial charge in [-0.1, -0.05) is 79.1 Å². The van der Waals surface area contributed by atoms with Crippen LogP contribution >= 0.6 is 11.6 Å². The summed E-state index contributed by atoms with van der Waals surface area (Å²) < 4.78 is 47.6. The predicted octanol–water partition coefficient (Wildman–Crippen LogP) is 5.08. The first-order valence-corrected chi connectivity index (χ1v) is 37.2. The number of ether oxygens (including phenoxy) is 1. The summed E-state index contributed by atoms with van der Waals surface area (Å²) in [4.78, 5) is 191. The standard InChI is InChI=1S/C71H114ClF3N12O13/c1-13-44(4)59-68(98)80(7)45(5)62(92)87-36-30-52(87)65(95)82(9)54(39-46-23-16-14-17-24-46)64(94)79(6)41-57(88)76-50(29-27-47-26-28-48(49(72)38-47)71(73,74)75)63(93)86-35-22-25-51(86)61(91)78-70(31-18-19-32-70)69(99)84(11)56(42-100-12)66(96)83(10)55(67(97)85-33-20-15-21-34-85)40-58(89)81(8)53(37-43(2)3)60(90)77-59/h43-56,59H,13-42H2,1-12H3,(H,76,88)(H,77,90)(H,78,91)/t44-,45-,47?,48?,49?,50-,51-,52-,53-,54-,55-,56-,59-/m0/s1. The van der Waals surface area contributed by atoms with E-state index < -0.39 is 167 Å². The fourth-order valence-electron chi connectivity index (χ4n) is 16.1. The van der Waals surface area contributed by atoms with Crippen LogP contribution in [0.3, 0.4) is 0 Å². The van der Waals surface area contributed by atoms with Crippen LogP contribution in [0.15, 0.2) is 0 Å². The lowest BCUT2D eigenvalue weighted by Crippen LogP contribution is -2.65. The molecule has 0 aromatic rings. The first-order chi connectivity index (χ1) is 47.2. The Bertz CT molecular complexity index is 2930. The molecule has 3 N–H and O–H groups in total. The fraction of sp³-hybridized carbons (Fsp3) is 0.831. The maximum atomic E-state index is 15.4. The highest BCUT2D eigenvalue weighted by Crippen LogP contribution is 2.44. The van der Waals surface area contributed by atoms with E-state index in [2.05, 4.69) is 16.0 Å². The van der Waals surface area contributed by atoms with Gasteiger partial charge in [-0.15, -0.1) is 11.6 Å². The molecule has 4 heterocycles. The van der Waals surface area contributed by atoms with Crippen molar-refractivity contribution in [2.24, 2.45) is 29.6 Å². The molecule has 7 rings (SSSR count). The third-order valence-electron chi connectivity index (χ3n) is 23.0. The van der Waals surface area contributed by atoms with E-state index in [1.807, 2.05) is 20.8 Å². The van der Waals surface area contributed by atoms with Gasteiger partial charge in [-0.25, -0.2) is 0 Å². The van der Waals surface area contributed by atoms with E-state index in [9.17, 15) is 51.5 Å². The van der Waals surface area contributed by atoms with Crippen LogP contribution < -0.4 is 16.0 Å². The number of likely N-dealkylation sites (N-methyl/N-ethyl adjacent to an activating group) is 6. The van der Waals surface area contributed by atoms with Crippen molar-refractivity contribution in [1.82, 2.24) is 60.0 Å². The third-order valence-corrected chi connectivity index (χ3v) is 23.5. The Morgan fingerprint density at radius 2 is 1.26 bits per heavy atom. The molecule has 4 saturated heterocycles. The summed E-state index contributed by atoms with van der Waals surface area (Å²) in [7, 11) is 9.86. The van der Waals surface area contributed by atoms with Gasteiger partial charge in [0.15, 0.2) is 0 Å². The van der Waals surface area contributed by atoms with Gasteiger partial charge in [-0.05, 0) is 127 Å². The number of nitrogens with zero attached hydrogens (tertiary/aromatic N) is 9. The molecule has 0 aromatic carbocycles. The van der Waals surface area contributed by atoms with Crippen molar-refractivity contribution < 1.29 is 75.4 Å². The number of methoxy groups -OCH3 is 1. The molecule has 564 valence electrons. The van der Waals surface area contributed by atoms with E-state index in [-0.39, 0.29) is 108 Å². The molecule has 7 aliphatic rings. The predicted molar refractivity (Wildman–Crippen MR) is 367 cm³/mol. The molecule has 25 nitrogen and oxygen atoms in total. The van der Waals surface area contributed by atoms with Crippen molar-refractivity contribution in [2.75, 3.05) is 88.7 Å². The average Bonchev–Trinajstić information content (AvgIpc) is 1.38. The SMILES string of the molecule is CC[C@H](C)[C@@H]1NC(=O)[C@H](CC(C)C)N(C)C(=O)C[C@@H](C(=O)N2CCCCC2)N(C)C(=O)[C@H](COC)N(C)C(=O)C2(CCCC2)NC(=O)[C@@H]2CCCN2C(=O)[C@H](CCC2CCC(C(F)(F)F)C(Cl)C2)NC(=O)CN(C)C(=O)[C@H](CC2CCCCC2)N(C)C(=O)[C@@H]2CCN2C(=O)[C@H](C)N(C)C1=O. The van der Waals surface area contributed by atoms with Crippen molar-refractivity contribution >= 4 is 82.5 Å². The van der Waals surface area contributed by atoms with Crippen molar-refractivity contribution in [2.45, 2.75) is 260 Å². The number of hydrogen-bond acceptors (Lipinski definition) is 13. The van der Waals surface area contributed by atoms with Crippen LogP contribution in [0, 0.1) is 29.6 Å². The highest BCUT2D eigenvalue weighted by Gasteiger charge is 2.52. The summed E-state index contributed by atoms with van der Waals surface area (Å²) in [6.07, 6.45) is 4.27. The summed E-state index contributed by atoms with van der Waals surface area (Å²) >= 11 is 6.40. The maximum absolute atomic E-state index is 15.4. The summed E-state index contributed by atoms with van der Waals surface area (Å²) in [5.41, 5.74) is -1.61. The van der Waals surface area contributed by atoms with Crippen LogP contribution in [0.25, 0.3) is 0 Å². The first kappa shape index (κ1) is 81.0. The molecule has 29 heteroatoms. The third kappa shape index (κ3) is 19.3. The van der Waals surface area contributed by atoms with Crippen LogP contribution in [0.5, 0.6) is 0 Å². The largest absolute Gasteiger partial charge is 0.393 e. The van der Waals surface area contributed by atoms with Crippen LogP contribution in [0.2, 0.25) is 0 Å². The summed E-state index contributed by atoms with van der Waals surface area (Å²) in [6, 6.07) is -11.1. The number of carbonyl (C=O) groups is 12. The Labute approximate surface area is 594 Å². The van der Waals surface area contributed by atoms with Gasteiger partial charge in [0.1, 0.15) is 59.9 Å². The number of halogens is 4. The summed E-state index contributed by atoms with van der Waals surface area (Å²) in [5.74, 6) is -10.4. The number of likely N-dealkylation sites (tertiary alicyclic amines) is 1. The van der Waals surface area contributed by atoms with Gasteiger partial charge in [0.25, 0.3) is 0 Å². The van der Waals surface area contributed by atoms with Crippen molar-refractivity contribution in [3.05, 3.63) is 0 Å². The van der Waals surface area contributed by atoms with E-state index in [1.165, 1.54) is 90.6 Å². The Hall–Kier alpha value is -6.32. The number of nitrogens with one attached hydrogen (secondary N) is 3. The monoisotopic (exact) mass is 1430 g/mol. The molecule has 0 radical (unpaired) electrons. The minimum Gasteiger partial charge on any atom is -0.382 e. The molecule has 4 aliphatic heterocycles. The zero-order chi connectivity index (χ0) is 73.8. The Balaban J connectivity index is 1.27. The molecule has 0 bridgehead atoms. The van der Waals surface area contributed by atoms with Crippen molar-refractivity contribution in [3.63, 3.8) is 0 Å². The normalized spacial score (nSPS) is 30.9. The molecule has 12 amide bonds. The lowest BCUT2D eigenvalue weighted by Gasteiger charge is -2.45. The molecule has 3 saturated carbocycles. The highest BCUT2D eigenvalue weighted by molar-refractivity contribution is 6.21. The molecular weight excluding hydrogens is 1320 g/mol. The van der Waals surface area contributed by atoms with Gasteiger partial charge in [-0.3, -0.25) is 57.5 Å². The Kier molecular flexibility index (Phi) is 28.9. The van der Waals surface area contributed by atoms with E-state index >= 15 is 19.2 Å². The van der Waals surface area contributed by atoms with E-state index in [4.69, 9.17) is 16.3 Å². The number of carbonyl (C=O) groups excluding carboxylic acids is 12. The lowest BCUT2D eigenvalue weighted by molar-refractivity contribution is -0.182. The van der Waals surface area contributed by atoms with Gasteiger partial charge in [-0.2, -0.15) is 13.2 Å². The molecule has 3 aliphatic carbocycles. The molecule has 13 atom stereocenters. The minimum absolute atomic E-state index is 0.00533. The zero-order valence-electron chi connectivity index (χ0n) is 61.2. The highest BCUT2D eigenvalue weighted by atomic mass is 35.5. The van der Waals surface area contributed by atoms with Crippen LogP contribution in [-0.4, -0.2) is 275 Å².